The molecule has 1 aliphatic rings. The number of ether oxygens (including phenoxy) is 1. The van der Waals surface area contributed by atoms with E-state index in [1.165, 1.54) is 29.9 Å². The summed E-state index contributed by atoms with van der Waals surface area (Å²) >= 11 is 0. The highest BCUT2D eigenvalue weighted by atomic mass is 32.2. The van der Waals surface area contributed by atoms with Gasteiger partial charge < -0.3 is 14.5 Å². The van der Waals surface area contributed by atoms with Crippen molar-refractivity contribution in [1.82, 2.24) is 9.21 Å². The predicted molar refractivity (Wildman–Crippen MR) is 127 cm³/mol. The molecule has 0 bridgehead atoms. The highest BCUT2D eigenvalue weighted by Gasteiger charge is 2.28. The molecule has 7 nitrogen and oxygen atoms in total. The zero-order chi connectivity index (χ0) is 23.5. The first kappa shape index (κ1) is 24.1. The predicted octanol–water partition coefficient (Wildman–Crippen LogP) is 2.98. The molecule has 1 heterocycles. The number of benzene rings is 2. The smallest absolute Gasteiger partial charge is 0.243 e. The number of sulfonamides is 1. The van der Waals surface area contributed by atoms with Gasteiger partial charge in [0.15, 0.2) is 0 Å². The van der Waals surface area contributed by atoms with Gasteiger partial charge in [0.2, 0.25) is 15.9 Å². The number of hydrogen-bond donors (Lipinski definition) is 0. The van der Waals surface area contributed by atoms with Crippen LogP contribution in [0.2, 0.25) is 0 Å². The van der Waals surface area contributed by atoms with Gasteiger partial charge in [0.05, 0.1) is 18.0 Å². The van der Waals surface area contributed by atoms with Gasteiger partial charge in [-0.2, -0.15) is 4.31 Å². The van der Waals surface area contributed by atoms with Crippen molar-refractivity contribution < 1.29 is 17.9 Å². The third-order valence-electron chi connectivity index (χ3n) is 6.06. The van der Waals surface area contributed by atoms with Crippen molar-refractivity contribution in [3.63, 3.8) is 0 Å². The van der Waals surface area contributed by atoms with Crippen LogP contribution in [0.1, 0.15) is 23.6 Å². The Hall–Kier alpha value is -2.58. The zero-order valence-electron chi connectivity index (χ0n) is 19.6. The van der Waals surface area contributed by atoms with E-state index in [1.54, 1.807) is 17.0 Å². The van der Waals surface area contributed by atoms with Gasteiger partial charge in [0, 0.05) is 38.9 Å². The van der Waals surface area contributed by atoms with Gasteiger partial charge in [0.25, 0.3) is 0 Å². The van der Waals surface area contributed by atoms with Gasteiger partial charge in [-0.25, -0.2) is 8.42 Å². The van der Waals surface area contributed by atoms with Crippen LogP contribution in [0, 0.1) is 20.8 Å². The number of anilines is 1. The first-order valence-corrected chi connectivity index (χ1v) is 12.4. The van der Waals surface area contributed by atoms with Gasteiger partial charge in [-0.3, -0.25) is 4.79 Å². The fourth-order valence-electron chi connectivity index (χ4n) is 3.93. The van der Waals surface area contributed by atoms with E-state index in [2.05, 4.69) is 36.9 Å². The molecule has 32 heavy (non-hydrogen) atoms. The SMILES string of the molecule is CCOc1ccc(S(=O)(=O)N(C)CC(=O)N2CCN(c3cccc(C)c3C)CC2)cc1C. The Kier molecular flexibility index (Phi) is 7.46. The molecule has 0 aliphatic carbocycles. The van der Waals surface area contributed by atoms with Crippen LogP contribution in [0.25, 0.3) is 0 Å². The Morgan fingerprint density at radius 1 is 1.03 bits per heavy atom. The molecule has 0 radical (unpaired) electrons. The lowest BCUT2D eigenvalue weighted by molar-refractivity contribution is -0.131. The quantitative estimate of drug-likeness (QED) is 0.637. The van der Waals surface area contributed by atoms with Crippen LogP contribution in [0.4, 0.5) is 5.69 Å². The largest absolute Gasteiger partial charge is 0.494 e. The van der Waals surface area contributed by atoms with Crippen LogP contribution >= 0.6 is 0 Å². The van der Waals surface area contributed by atoms with Crippen LogP contribution < -0.4 is 9.64 Å². The lowest BCUT2D eigenvalue weighted by Gasteiger charge is -2.37. The Bertz CT molecular complexity index is 1080. The fraction of sp³-hybridized carbons (Fsp3) is 0.458. The van der Waals surface area contributed by atoms with E-state index in [-0.39, 0.29) is 17.3 Å². The minimum atomic E-state index is -3.77. The molecular weight excluding hydrogens is 426 g/mol. The van der Waals surface area contributed by atoms with Crippen LogP contribution in [-0.4, -0.2) is 69.9 Å². The van der Waals surface area contributed by atoms with E-state index >= 15 is 0 Å². The number of piperazine rings is 1. The van der Waals surface area contributed by atoms with Gasteiger partial charge in [-0.1, -0.05) is 12.1 Å². The van der Waals surface area contributed by atoms with Gasteiger partial charge in [-0.05, 0) is 68.7 Å². The Morgan fingerprint density at radius 2 is 1.72 bits per heavy atom. The molecule has 2 aromatic carbocycles. The van der Waals surface area contributed by atoms with Crippen molar-refractivity contribution in [3.05, 3.63) is 53.1 Å². The van der Waals surface area contributed by atoms with Crippen molar-refractivity contribution in [2.75, 3.05) is 51.3 Å². The lowest BCUT2D eigenvalue weighted by Crippen LogP contribution is -2.51. The molecule has 0 N–H and O–H groups in total. The average molecular weight is 460 g/mol. The molecule has 0 atom stereocenters. The first-order valence-electron chi connectivity index (χ1n) is 10.9. The summed E-state index contributed by atoms with van der Waals surface area (Å²) in [7, 11) is -2.32. The Balaban J connectivity index is 1.62. The second-order valence-corrected chi connectivity index (χ2v) is 10.3. The number of aryl methyl sites for hydroxylation is 2. The van der Waals surface area contributed by atoms with E-state index in [9.17, 15) is 13.2 Å². The number of rotatable bonds is 7. The van der Waals surface area contributed by atoms with Crippen molar-refractivity contribution in [3.8, 4) is 5.75 Å². The normalized spacial score (nSPS) is 14.7. The van der Waals surface area contributed by atoms with Crippen molar-refractivity contribution >= 4 is 21.6 Å². The monoisotopic (exact) mass is 459 g/mol. The summed E-state index contributed by atoms with van der Waals surface area (Å²) in [4.78, 5) is 17.0. The first-order chi connectivity index (χ1) is 15.1. The fourth-order valence-corrected chi connectivity index (χ4v) is 5.14. The van der Waals surface area contributed by atoms with Crippen molar-refractivity contribution in [1.29, 1.82) is 0 Å². The minimum absolute atomic E-state index is 0.161. The molecule has 1 amide bonds. The summed E-state index contributed by atoms with van der Waals surface area (Å²) in [5.41, 5.74) is 4.44. The van der Waals surface area contributed by atoms with Crippen LogP contribution in [0.5, 0.6) is 5.75 Å². The third-order valence-corrected chi connectivity index (χ3v) is 7.86. The van der Waals surface area contributed by atoms with Crippen LogP contribution in [0.15, 0.2) is 41.3 Å². The Morgan fingerprint density at radius 3 is 2.34 bits per heavy atom. The minimum Gasteiger partial charge on any atom is -0.494 e. The summed E-state index contributed by atoms with van der Waals surface area (Å²) in [5.74, 6) is 0.478. The number of amides is 1. The second kappa shape index (κ2) is 9.92. The maximum atomic E-state index is 13.0. The van der Waals surface area contributed by atoms with Crippen LogP contribution in [0.3, 0.4) is 0 Å². The number of carbonyl (C=O) groups is 1. The molecule has 0 spiro atoms. The number of nitrogens with zero attached hydrogens (tertiary/aromatic N) is 3. The van der Waals surface area contributed by atoms with E-state index in [0.717, 1.165) is 23.0 Å². The lowest BCUT2D eigenvalue weighted by atomic mass is 10.1. The van der Waals surface area contributed by atoms with E-state index in [0.29, 0.717) is 25.4 Å². The zero-order valence-corrected chi connectivity index (χ0v) is 20.4. The molecule has 1 saturated heterocycles. The molecule has 0 unspecified atom stereocenters. The third kappa shape index (κ3) is 5.07. The molecule has 0 aromatic heterocycles. The van der Waals surface area contributed by atoms with Crippen molar-refractivity contribution in [2.45, 2.75) is 32.6 Å². The summed E-state index contributed by atoms with van der Waals surface area (Å²) < 4.78 is 32.6. The summed E-state index contributed by atoms with van der Waals surface area (Å²) in [6.07, 6.45) is 0. The molecular formula is C24H33N3O4S. The van der Waals surface area contributed by atoms with Crippen LogP contribution in [-0.2, 0) is 14.8 Å². The summed E-state index contributed by atoms with van der Waals surface area (Å²) in [6.45, 7) is 10.8. The van der Waals surface area contributed by atoms with E-state index in [1.807, 2.05) is 13.8 Å². The molecule has 1 fully saturated rings. The van der Waals surface area contributed by atoms with Gasteiger partial charge in [0.1, 0.15) is 5.75 Å². The number of carbonyl (C=O) groups excluding carboxylic acids is 1. The topological polar surface area (TPSA) is 70.2 Å². The number of likely N-dealkylation sites (N-methyl/N-ethyl adjacent to an activating group) is 1. The maximum Gasteiger partial charge on any atom is 0.243 e. The highest BCUT2D eigenvalue weighted by molar-refractivity contribution is 7.89. The van der Waals surface area contributed by atoms with E-state index in [4.69, 9.17) is 4.74 Å². The van der Waals surface area contributed by atoms with Gasteiger partial charge >= 0.3 is 0 Å². The molecule has 8 heteroatoms. The molecule has 2 aromatic rings. The maximum absolute atomic E-state index is 13.0. The Labute approximate surface area is 191 Å². The van der Waals surface area contributed by atoms with Crippen molar-refractivity contribution in [2.24, 2.45) is 0 Å². The summed E-state index contributed by atoms with van der Waals surface area (Å²) in [6, 6.07) is 11.0. The summed E-state index contributed by atoms with van der Waals surface area (Å²) in [5, 5.41) is 0. The standard InChI is InChI=1S/C24H33N3O4S/c1-6-31-23-11-10-21(16-19(23)3)32(29,30)25(5)17-24(28)27-14-12-26(13-15-27)22-9-7-8-18(2)20(22)4/h7-11,16H,6,12-15,17H2,1-5H3. The molecule has 3 rings (SSSR count). The molecule has 0 saturated carbocycles. The highest BCUT2D eigenvalue weighted by Crippen LogP contribution is 2.25. The average Bonchev–Trinajstić information content (AvgIpc) is 2.77. The molecule has 174 valence electrons. The van der Waals surface area contributed by atoms with Gasteiger partial charge in [-0.15, -0.1) is 0 Å². The molecule has 1 aliphatic heterocycles. The second-order valence-electron chi connectivity index (χ2n) is 8.21. The van der Waals surface area contributed by atoms with E-state index < -0.39 is 10.0 Å². The number of hydrogen-bond acceptors (Lipinski definition) is 5.